The van der Waals surface area contributed by atoms with Crippen molar-refractivity contribution >= 4 is 38.6 Å². The van der Waals surface area contributed by atoms with Crippen molar-refractivity contribution in [2.24, 2.45) is 0 Å². The van der Waals surface area contributed by atoms with Gasteiger partial charge in [-0.1, -0.05) is 12.1 Å². The van der Waals surface area contributed by atoms with Gasteiger partial charge in [-0.05, 0) is 12.1 Å². The monoisotopic (exact) mass is 277 g/mol. The Bertz CT molecular complexity index is 842. The second-order valence-electron chi connectivity index (χ2n) is 3.88. The van der Waals surface area contributed by atoms with Crippen LogP contribution in [0.15, 0.2) is 35.5 Å². The fourth-order valence-corrected chi connectivity index (χ4v) is 2.40. The van der Waals surface area contributed by atoms with E-state index in [4.69, 9.17) is 4.55 Å². The van der Waals surface area contributed by atoms with Gasteiger partial charge in [-0.3, -0.25) is 14.7 Å². The summed E-state index contributed by atoms with van der Waals surface area (Å²) >= 11 is -2.22. The maximum Gasteiger partial charge on any atom is 0.277 e. The topological polar surface area (TPSA) is 109 Å². The number of non-ortho nitro benzene ring substituents is 1. The van der Waals surface area contributed by atoms with Gasteiger partial charge >= 0.3 is 0 Å². The summed E-state index contributed by atoms with van der Waals surface area (Å²) in [6.07, 6.45) is 0. The van der Waals surface area contributed by atoms with E-state index in [9.17, 15) is 14.3 Å². The standard InChI is InChI=1S/C11H7N3O4S/c15-14(16)9-3-1-2-7-6(9)4-5-8-10(7)13-11(12-8)19(17)18/h1-5H,(H,12,13)(H,17,18). The number of nitro benzene ring substituents is 1. The van der Waals surface area contributed by atoms with Gasteiger partial charge in [-0.2, -0.15) is 0 Å². The molecule has 1 heterocycles. The van der Waals surface area contributed by atoms with Gasteiger partial charge in [0.25, 0.3) is 5.69 Å². The fourth-order valence-electron chi connectivity index (χ4n) is 2.03. The summed E-state index contributed by atoms with van der Waals surface area (Å²) in [7, 11) is 0. The van der Waals surface area contributed by atoms with E-state index in [2.05, 4.69) is 9.97 Å². The first-order valence-corrected chi connectivity index (χ1v) is 6.35. The Hall–Kier alpha value is -2.32. The first-order valence-electron chi connectivity index (χ1n) is 5.24. The lowest BCUT2D eigenvalue weighted by Gasteiger charge is -1.99. The third kappa shape index (κ3) is 1.77. The largest absolute Gasteiger partial charge is 0.329 e. The maximum absolute atomic E-state index is 11.0. The molecule has 1 aromatic heterocycles. The number of hydrogen-bond acceptors (Lipinski definition) is 4. The number of nitro groups is 1. The zero-order chi connectivity index (χ0) is 13.6. The molecule has 1 unspecified atom stereocenters. The Kier molecular flexibility index (Phi) is 2.54. The van der Waals surface area contributed by atoms with Crippen molar-refractivity contribution in [1.82, 2.24) is 9.97 Å². The molecule has 0 aliphatic carbocycles. The minimum atomic E-state index is -2.22. The minimum Gasteiger partial charge on any atom is -0.329 e. The van der Waals surface area contributed by atoms with Gasteiger partial charge in [0.05, 0.1) is 21.3 Å². The van der Waals surface area contributed by atoms with Crippen LogP contribution < -0.4 is 0 Å². The highest BCUT2D eigenvalue weighted by atomic mass is 32.2. The van der Waals surface area contributed by atoms with Crippen LogP contribution in [0.5, 0.6) is 0 Å². The summed E-state index contributed by atoms with van der Waals surface area (Å²) in [6, 6.07) is 7.86. The number of aromatic amines is 1. The van der Waals surface area contributed by atoms with Crippen molar-refractivity contribution in [2.75, 3.05) is 0 Å². The Balaban J connectivity index is 2.43. The summed E-state index contributed by atoms with van der Waals surface area (Å²) in [5.41, 5.74) is 0.984. The van der Waals surface area contributed by atoms with Crippen LogP contribution in [0.4, 0.5) is 5.69 Å². The Morgan fingerprint density at radius 2 is 2.05 bits per heavy atom. The average molecular weight is 277 g/mol. The molecule has 96 valence electrons. The number of imidazole rings is 1. The lowest BCUT2D eigenvalue weighted by Crippen LogP contribution is -1.90. The highest BCUT2D eigenvalue weighted by Gasteiger charge is 2.15. The van der Waals surface area contributed by atoms with Crippen LogP contribution >= 0.6 is 0 Å². The highest BCUT2D eigenvalue weighted by Crippen LogP contribution is 2.30. The van der Waals surface area contributed by atoms with E-state index in [1.807, 2.05) is 0 Å². The zero-order valence-electron chi connectivity index (χ0n) is 9.36. The maximum atomic E-state index is 11.0. The van der Waals surface area contributed by atoms with E-state index in [1.54, 1.807) is 24.3 Å². The third-order valence-corrected chi connectivity index (χ3v) is 3.35. The molecule has 0 fully saturated rings. The molecule has 0 radical (unpaired) electrons. The van der Waals surface area contributed by atoms with Crippen molar-refractivity contribution < 1.29 is 13.7 Å². The molecular weight excluding hydrogens is 270 g/mol. The number of rotatable bonds is 2. The number of hydrogen-bond donors (Lipinski definition) is 2. The Morgan fingerprint density at radius 3 is 2.74 bits per heavy atom. The number of H-pyrrole nitrogens is 1. The van der Waals surface area contributed by atoms with Gasteiger partial charge in [-0.25, -0.2) is 9.19 Å². The van der Waals surface area contributed by atoms with Crippen molar-refractivity contribution in [2.45, 2.75) is 5.16 Å². The smallest absolute Gasteiger partial charge is 0.277 e. The van der Waals surface area contributed by atoms with Crippen LogP contribution in [-0.2, 0) is 11.1 Å². The molecule has 0 saturated carbocycles. The van der Waals surface area contributed by atoms with Gasteiger partial charge in [0.15, 0.2) is 0 Å². The number of nitrogens with one attached hydrogen (secondary N) is 1. The molecule has 2 N–H and O–H groups in total. The van der Waals surface area contributed by atoms with Gasteiger partial charge in [0.2, 0.25) is 16.2 Å². The Labute approximate surface area is 108 Å². The molecule has 2 aromatic carbocycles. The molecule has 0 aliphatic rings. The van der Waals surface area contributed by atoms with E-state index in [1.165, 1.54) is 6.07 Å². The molecule has 3 aromatic rings. The number of aromatic nitrogens is 2. The average Bonchev–Trinajstić information content (AvgIpc) is 2.82. The second kappa shape index (κ2) is 4.11. The molecule has 19 heavy (non-hydrogen) atoms. The molecule has 0 bridgehead atoms. The SMILES string of the molecule is O=[N+]([O-])c1cccc2c1ccc1[nH]c(S(=O)O)nc12. The van der Waals surface area contributed by atoms with Gasteiger partial charge < -0.3 is 4.98 Å². The van der Waals surface area contributed by atoms with Crippen LogP contribution in [0.3, 0.4) is 0 Å². The van der Waals surface area contributed by atoms with Crippen LogP contribution in [0.1, 0.15) is 0 Å². The van der Waals surface area contributed by atoms with Crippen molar-refractivity contribution in [3.8, 4) is 0 Å². The normalized spacial score (nSPS) is 12.9. The minimum absolute atomic E-state index is 0.0194. The van der Waals surface area contributed by atoms with Crippen LogP contribution in [0.2, 0.25) is 0 Å². The summed E-state index contributed by atoms with van der Waals surface area (Å²) < 4.78 is 20.0. The zero-order valence-corrected chi connectivity index (χ0v) is 10.2. The highest BCUT2D eigenvalue weighted by molar-refractivity contribution is 7.79. The second-order valence-corrected chi connectivity index (χ2v) is 4.77. The van der Waals surface area contributed by atoms with Crippen LogP contribution in [-0.4, -0.2) is 23.7 Å². The lowest BCUT2D eigenvalue weighted by molar-refractivity contribution is -0.383. The number of fused-ring (bicyclic) bond motifs is 3. The predicted octanol–water partition coefficient (Wildman–Crippen LogP) is 2.20. The molecule has 3 rings (SSSR count). The summed E-state index contributed by atoms with van der Waals surface area (Å²) in [4.78, 5) is 17.2. The molecule has 0 spiro atoms. The van der Waals surface area contributed by atoms with Crippen molar-refractivity contribution in [1.29, 1.82) is 0 Å². The van der Waals surface area contributed by atoms with Crippen molar-refractivity contribution in [3.63, 3.8) is 0 Å². The summed E-state index contributed by atoms with van der Waals surface area (Å²) in [6.45, 7) is 0. The van der Waals surface area contributed by atoms with Crippen LogP contribution in [0.25, 0.3) is 21.8 Å². The van der Waals surface area contributed by atoms with E-state index >= 15 is 0 Å². The summed E-state index contributed by atoms with van der Waals surface area (Å²) in [5, 5.41) is 11.9. The fraction of sp³-hybridized carbons (Fsp3) is 0. The number of nitrogens with zero attached hydrogens (tertiary/aromatic N) is 2. The quantitative estimate of drug-likeness (QED) is 0.424. The number of benzene rings is 2. The third-order valence-electron chi connectivity index (χ3n) is 2.83. The molecular formula is C11H7N3O4S. The molecule has 1 atom stereocenters. The van der Waals surface area contributed by atoms with Gasteiger partial charge in [0, 0.05) is 11.5 Å². The lowest BCUT2D eigenvalue weighted by atomic mass is 10.1. The van der Waals surface area contributed by atoms with Gasteiger partial charge in [0.1, 0.15) is 0 Å². The first-order chi connectivity index (χ1) is 9.08. The predicted molar refractivity (Wildman–Crippen MR) is 69.3 cm³/mol. The molecule has 0 aliphatic heterocycles. The van der Waals surface area contributed by atoms with E-state index in [0.717, 1.165) is 0 Å². The first kappa shape index (κ1) is 11.8. The summed E-state index contributed by atoms with van der Waals surface area (Å²) in [5.74, 6) is 0. The molecule has 7 nitrogen and oxygen atoms in total. The molecule has 8 heteroatoms. The molecule has 0 saturated heterocycles. The molecule has 0 amide bonds. The van der Waals surface area contributed by atoms with Crippen LogP contribution in [0, 0.1) is 10.1 Å². The van der Waals surface area contributed by atoms with E-state index in [0.29, 0.717) is 21.8 Å². The van der Waals surface area contributed by atoms with Crippen molar-refractivity contribution in [3.05, 3.63) is 40.4 Å². The van der Waals surface area contributed by atoms with E-state index in [-0.39, 0.29) is 10.8 Å². The van der Waals surface area contributed by atoms with Gasteiger partial charge in [-0.15, -0.1) is 0 Å². The van der Waals surface area contributed by atoms with E-state index < -0.39 is 16.0 Å². The Morgan fingerprint density at radius 1 is 1.26 bits per heavy atom.